The van der Waals surface area contributed by atoms with Crippen LogP contribution in [0.4, 0.5) is 0 Å². The highest BCUT2D eigenvalue weighted by Gasteiger charge is 2.35. The van der Waals surface area contributed by atoms with Crippen molar-refractivity contribution in [3.8, 4) is 0 Å². The van der Waals surface area contributed by atoms with Gasteiger partial charge in [0.2, 0.25) is 5.91 Å². The van der Waals surface area contributed by atoms with Crippen molar-refractivity contribution < 1.29 is 9.21 Å². The Balaban J connectivity index is 2.10. The van der Waals surface area contributed by atoms with Gasteiger partial charge in [-0.05, 0) is 26.1 Å². The van der Waals surface area contributed by atoms with Crippen LogP contribution in [0.25, 0.3) is 0 Å². The van der Waals surface area contributed by atoms with E-state index in [0.29, 0.717) is 25.7 Å². The highest BCUT2D eigenvalue weighted by Crippen LogP contribution is 2.17. The van der Waals surface area contributed by atoms with Gasteiger partial charge in [-0.2, -0.15) is 0 Å². The lowest BCUT2D eigenvalue weighted by Crippen LogP contribution is -2.61. The molecule has 2 heterocycles. The molecule has 1 fully saturated rings. The molecule has 0 aromatic carbocycles. The molecular weight excluding hydrogens is 218 g/mol. The summed E-state index contributed by atoms with van der Waals surface area (Å²) in [7, 11) is 1.95. The number of amides is 1. The minimum atomic E-state index is -0.214. The second-order valence-electron chi connectivity index (χ2n) is 4.56. The summed E-state index contributed by atoms with van der Waals surface area (Å²) in [4.78, 5) is 16.1. The minimum absolute atomic E-state index is 0.0875. The van der Waals surface area contributed by atoms with Gasteiger partial charge in [-0.15, -0.1) is 0 Å². The first-order valence-electron chi connectivity index (χ1n) is 5.86. The van der Waals surface area contributed by atoms with Crippen LogP contribution in [0, 0.1) is 0 Å². The van der Waals surface area contributed by atoms with Gasteiger partial charge in [0.1, 0.15) is 11.8 Å². The van der Waals surface area contributed by atoms with E-state index in [1.54, 1.807) is 6.26 Å². The molecule has 5 heteroatoms. The average molecular weight is 237 g/mol. The van der Waals surface area contributed by atoms with Gasteiger partial charge >= 0.3 is 0 Å². The molecule has 94 valence electrons. The van der Waals surface area contributed by atoms with E-state index < -0.39 is 0 Å². The quantitative estimate of drug-likeness (QED) is 0.819. The number of hydrogen-bond acceptors (Lipinski definition) is 4. The van der Waals surface area contributed by atoms with Crippen LogP contribution in [0.1, 0.15) is 12.7 Å². The van der Waals surface area contributed by atoms with E-state index in [1.807, 2.05) is 29.0 Å². The number of likely N-dealkylation sites (N-methyl/N-ethyl adjacent to an activating group) is 1. The van der Waals surface area contributed by atoms with Gasteiger partial charge in [-0.1, -0.05) is 0 Å². The predicted molar refractivity (Wildman–Crippen MR) is 64.2 cm³/mol. The molecule has 0 aliphatic carbocycles. The highest BCUT2D eigenvalue weighted by molar-refractivity contribution is 5.83. The standard InChI is InChI=1S/C12H19N3O2/c1-9-7-15(8-10-4-3-5-17-10)12(16)11(6-13)14(9)2/h3-5,9,11H,6-8,13H2,1-2H3. The molecule has 0 bridgehead atoms. The lowest BCUT2D eigenvalue weighted by molar-refractivity contribution is -0.144. The van der Waals surface area contributed by atoms with Gasteiger partial charge in [0.25, 0.3) is 0 Å². The molecule has 0 radical (unpaired) electrons. The number of nitrogens with zero attached hydrogens (tertiary/aromatic N) is 2. The summed E-state index contributed by atoms with van der Waals surface area (Å²) < 4.78 is 5.28. The van der Waals surface area contributed by atoms with Crippen LogP contribution in [0.2, 0.25) is 0 Å². The third kappa shape index (κ3) is 2.35. The van der Waals surface area contributed by atoms with Crippen molar-refractivity contribution in [1.29, 1.82) is 0 Å². The van der Waals surface area contributed by atoms with E-state index in [0.717, 1.165) is 5.76 Å². The Kier molecular flexibility index (Phi) is 3.49. The lowest BCUT2D eigenvalue weighted by Gasteiger charge is -2.42. The second-order valence-corrected chi connectivity index (χ2v) is 4.56. The zero-order chi connectivity index (χ0) is 12.4. The molecule has 1 saturated heterocycles. The van der Waals surface area contributed by atoms with Crippen LogP contribution in [0.15, 0.2) is 22.8 Å². The molecule has 2 atom stereocenters. The molecule has 1 aromatic heterocycles. The molecule has 0 saturated carbocycles. The maximum Gasteiger partial charge on any atom is 0.241 e. The maximum absolute atomic E-state index is 12.2. The third-order valence-corrected chi connectivity index (χ3v) is 3.42. The Morgan fingerprint density at radius 3 is 2.94 bits per heavy atom. The Bertz CT molecular complexity index is 377. The number of hydrogen-bond donors (Lipinski definition) is 1. The number of piperazine rings is 1. The Hall–Kier alpha value is -1.33. The van der Waals surface area contributed by atoms with Crippen LogP contribution >= 0.6 is 0 Å². The van der Waals surface area contributed by atoms with Gasteiger partial charge in [0.15, 0.2) is 0 Å². The summed E-state index contributed by atoms with van der Waals surface area (Å²) in [6.07, 6.45) is 1.62. The molecule has 2 rings (SSSR count). The lowest BCUT2D eigenvalue weighted by atomic mass is 10.1. The molecule has 1 aliphatic rings. The smallest absolute Gasteiger partial charge is 0.241 e. The van der Waals surface area contributed by atoms with Crippen LogP contribution in [0.5, 0.6) is 0 Å². The zero-order valence-corrected chi connectivity index (χ0v) is 10.3. The molecule has 0 spiro atoms. The number of nitrogens with two attached hydrogens (primary N) is 1. The second kappa shape index (κ2) is 4.89. The van der Waals surface area contributed by atoms with E-state index >= 15 is 0 Å². The van der Waals surface area contributed by atoms with Gasteiger partial charge in [0, 0.05) is 19.1 Å². The summed E-state index contributed by atoms with van der Waals surface area (Å²) in [5.74, 6) is 0.898. The SMILES string of the molecule is CC1CN(Cc2ccco2)C(=O)C(CN)N1C. The minimum Gasteiger partial charge on any atom is -0.467 e. The summed E-state index contributed by atoms with van der Waals surface area (Å²) in [5, 5.41) is 0. The number of carbonyl (C=O) groups excluding carboxylic acids is 1. The number of furan rings is 1. The Morgan fingerprint density at radius 1 is 1.59 bits per heavy atom. The van der Waals surface area contributed by atoms with Gasteiger partial charge < -0.3 is 15.1 Å². The fourth-order valence-corrected chi connectivity index (χ4v) is 2.23. The van der Waals surface area contributed by atoms with Crippen molar-refractivity contribution in [3.63, 3.8) is 0 Å². The fraction of sp³-hybridized carbons (Fsp3) is 0.583. The van der Waals surface area contributed by atoms with E-state index in [4.69, 9.17) is 10.2 Å². The van der Waals surface area contributed by atoms with E-state index in [9.17, 15) is 4.79 Å². The molecule has 1 amide bonds. The zero-order valence-electron chi connectivity index (χ0n) is 10.3. The molecule has 1 aliphatic heterocycles. The van der Waals surface area contributed by atoms with Crippen molar-refractivity contribution in [2.75, 3.05) is 20.1 Å². The summed E-state index contributed by atoms with van der Waals surface area (Å²) in [5.41, 5.74) is 5.67. The summed E-state index contributed by atoms with van der Waals surface area (Å²) >= 11 is 0. The molecule has 1 aromatic rings. The molecule has 2 unspecified atom stereocenters. The fourth-order valence-electron chi connectivity index (χ4n) is 2.23. The van der Waals surface area contributed by atoms with E-state index in [-0.39, 0.29) is 11.9 Å². The Labute approximate surface area is 101 Å². The van der Waals surface area contributed by atoms with Crippen LogP contribution in [0.3, 0.4) is 0 Å². The molecule has 5 nitrogen and oxygen atoms in total. The van der Waals surface area contributed by atoms with Crippen molar-refractivity contribution in [1.82, 2.24) is 9.80 Å². The van der Waals surface area contributed by atoms with Gasteiger partial charge in [0.05, 0.1) is 12.8 Å². The van der Waals surface area contributed by atoms with Gasteiger partial charge in [-0.25, -0.2) is 0 Å². The summed E-state index contributed by atoms with van der Waals surface area (Å²) in [6, 6.07) is 3.82. The van der Waals surface area contributed by atoms with E-state index in [2.05, 4.69) is 6.92 Å². The molecule has 2 N–H and O–H groups in total. The first kappa shape index (κ1) is 12.1. The monoisotopic (exact) mass is 237 g/mol. The third-order valence-electron chi connectivity index (χ3n) is 3.42. The van der Waals surface area contributed by atoms with Crippen molar-refractivity contribution >= 4 is 5.91 Å². The van der Waals surface area contributed by atoms with Crippen LogP contribution in [-0.2, 0) is 11.3 Å². The van der Waals surface area contributed by atoms with Crippen LogP contribution < -0.4 is 5.73 Å². The first-order chi connectivity index (χ1) is 8.13. The summed E-state index contributed by atoms with van der Waals surface area (Å²) in [6.45, 7) is 3.70. The highest BCUT2D eigenvalue weighted by atomic mass is 16.3. The van der Waals surface area contributed by atoms with Gasteiger partial charge in [-0.3, -0.25) is 9.69 Å². The van der Waals surface area contributed by atoms with Crippen molar-refractivity contribution in [2.24, 2.45) is 5.73 Å². The molecular formula is C12H19N3O2. The topological polar surface area (TPSA) is 62.7 Å². The van der Waals surface area contributed by atoms with Crippen molar-refractivity contribution in [3.05, 3.63) is 24.2 Å². The normalized spacial score (nSPS) is 26.5. The number of rotatable bonds is 3. The maximum atomic E-state index is 12.2. The van der Waals surface area contributed by atoms with Crippen LogP contribution in [-0.4, -0.2) is 47.9 Å². The first-order valence-corrected chi connectivity index (χ1v) is 5.86. The Morgan fingerprint density at radius 2 is 2.35 bits per heavy atom. The van der Waals surface area contributed by atoms with E-state index in [1.165, 1.54) is 0 Å². The van der Waals surface area contributed by atoms with Crippen molar-refractivity contribution in [2.45, 2.75) is 25.6 Å². The molecule has 17 heavy (non-hydrogen) atoms. The predicted octanol–water partition coefficient (Wildman–Crippen LogP) is 0.269. The average Bonchev–Trinajstić information content (AvgIpc) is 2.79. The number of carbonyl (C=O) groups is 1. The largest absolute Gasteiger partial charge is 0.467 e.